The van der Waals surface area contributed by atoms with Gasteiger partial charge in [-0.1, -0.05) is 53.4 Å². The van der Waals surface area contributed by atoms with E-state index in [0.29, 0.717) is 26.4 Å². The van der Waals surface area contributed by atoms with E-state index in [1.807, 2.05) is 0 Å². The Labute approximate surface area is 194 Å². The molecule has 0 radical (unpaired) electrons. The zero-order valence-corrected chi connectivity index (χ0v) is 20.9. The van der Waals surface area contributed by atoms with E-state index >= 15 is 0 Å². The highest BCUT2D eigenvalue weighted by Crippen LogP contribution is 2.32. The first kappa shape index (κ1) is 29.0. The minimum atomic E-state index is -1.01. The van der Waals surface area contributed by atoms with Crippen LogP contribution >= 0.6 is 0 Å². The van der Waals surface area contributed by atoms with Crippen molar-refractivity contribution in [1.82, 2.24) is 0 Å². The minimum absolute atomic E-state index is 0.199. The second-order valence-electron chi connectivity index (χ2n) is 8.53. The van der Waals surface area contributed by atoms with E-state index in [1.54, 1.807) is 0 Å². The summed E-state index contributed by atoms with van der Waals surface area (Å²) >= 11 is 0. The molecule has 0 N–H and O–H groups in total. The quantitative estimate of drug-likeness (QED) is 0.221. The van der Waals surface area contributed by atoms with E-state index in [1.165, 1.54) is 6.92 Å². The van der Waals surface area contributed by atoms with Crippen LogP contribution in [-0.4, -0.2) is 69.2 Å². The Morgan fingerprint density at radius 1 is 0.719 bits per heavy atom. The summed E-state index contributed by atoms with van der Waals surface area (Å²) in [5.41, 5.74) is 0. The summed E-state index contributed by atoms with van der Waals surface area (Å²) in [4.78, 5) is 25.4. The highest BCUT2D eigenvalue weighted by molar-refractivity contribution is 5.89. The standard InChI is InChI=1S/C25H46O7/c1-6-10-14-28-18-20-21(27)23(32-19(5)26)25(31-17-13-9-4)24(30-16-12-8-3)22(20)29-15-11-7-2/h20,22-25H,6-18H2,1-5H3/t20-,22+,23+,24-,25-/m0/s1. The predicted octanol–water partition coefficient (Wildman–Crippen LogP) is 4.49. The van der Waals surface area contributed by atoms with Crippen LogP contribution in [0.4, 0.5) is 0 Å². The molecule has 1 aliphatic carbocycles. The molecule has 0 aromatic rings. The smallest absolute Gasteiger partial charge is 0.303 e. The van der Waals surface area contributed by atoms with Gasteiger partial charge in [0.2, 0.25) is 0 Å². The number of rotatable bonds is 18. The largest absolute Gasteiger partial charge is 0.452 e. The second-order valence-corrected chi connectivity index (χ2v) is 8.53. The number of ether oxygens (including phenoxy) is 5. The topological polar surface area (TPSA) is 80.3 Å². The van der Waals surface area contributed by atoms with Crippen LogP contribution in [0.5, 0.6) is 0 Å². The van der Waals surface area contributed by atoms with Gasteiger partial charge in [-0.25, -0.2) is 0 Å². The molecule has 0 aliphatic heterocycles. The fourth-order valence-electron chi connectivity index (χ4n) is 3.73. The normalized spacial score (nSPS) is 25.8. The van der Waals surface area contributed by atoms with Gasteiger partial charge < -0.3 is 23.7 Å². The molecule has 0 heterocycles. The van der Waals surface area contributed by atoms with Crippen LogP contribution in [0.25, 0.3) is 0 Å². The number of esters is 1. The van der Waals surface area contributed by atoms with Gasteiger partial charge in [0.05, 0.1) is 18.6 Å². The fourth-order valence-corrected chi connectivity index (χ4v) is 3.73. The number of Topliss-reactive ketones (excluding diaryl/α,β-unsaturated/α-hetero) is 1. The van der Waals surface area contributed by atoms with Gasteiger partial charge in [0, 0.05) is 33.4 Å². The Morgan fingerprint density at radius 2 is 1.19 bits per heavy atom. The molecule has 0 spiro atoms. The molecule has 7 nitrogen and oxygen atoms in total. The molecular weight excluding hydrogens is 412 g/mol. The minimum Gasteiger partial charge on any atom is -0.452 e. The van der Waals surface area contributed by atoms with Crippen LogP contribution in [0.1, 0.15) is 86.0 Å². The van der Waals surface area contributed by atoms with Gasteiger partial charge in [0.15, 0.2) is 11.9 Å². The SMILES string of the molecule is CCCCOC[C@H]1C(=O)[C@@H](OC(C)=O)[C@H](OCCCC)[C@@H](OCCCC)[C@@H]1OCCCC. The molecule has 5 atom stereocenters. The number of carbonyl (C=O) groups excluding carboxylic acids is 2. The van der Waals surface area contributed by atoms with E-state index < -0.39 is 36.3 Å². The molecule has 7 heteroatoms. The van der Waals surface area contributed by atoms with Gasteiger partial charge in [-0.2, -0.15) is 0 Å². The zero-order valence-electron chi connectivity index (χ0n) is 20.9. The number of carbonyl (C=O) groups is 2. The highest BCUT2D eigenvalue weighted by Gasteiger charge is 2.54. The second kappa shape index (κ2) is 17.5. The van der Waals surface area contributed by atoms with Crippen molar-refractivity contribution in [2.75, 3.05) is 33.0 Å². The lowest BCUT2D eigenvalue weighted by molar-refractivity contribution is -0.218. The summed E-state index contributed by atoms with van der Waals surface area (Å²) in [6.45, 7) is 12.0. The summed E-state index contributed by atoms with van der Waals surface area (Å²) in [6.07, 6.45) is 4.83. The molecule has 0 unspecified atom stereocenters. The first-order valence-electron chi connectivity index (χ1n) is 12.6. The van der Waals surface area contributed by atoms with Crippen molar-refractivity contribution in [2.45, 2.75) is 110 Å². The third kappa shape index (κ3) is 9.86. The van der Waals surface area contributed by atoms with E-state index in [-0.39, 0.29) is 12.4 Å². The van der Waals surface area contributed by atoms with Crippen LogP contribution in [0.15, 0.2) is 0 Å². The molecule has 0 aromatic heterocycles. The number of ketones is 1. The molecule has 188 valence electrons. The maximum atomic E-state index is 13.5. The molecule has 0 amide bonds. The van der Waals surface area contributed by atoms with Gasteiger partial charge >= 0.3 is 5.97 Å². The van der Waals surface area contributed by atoms with Gasteiger partial charge in [0.25, 0.3) is 0 Å². The first-order valence-corrected chi connectivity index (χ1v) is 12.6. The highest BCUT2D eigenvalue weighted by atomic mass is 16.6. The molecule has 1 fully saturated rings. The van der Waals surface area contributed by atoms with Crippen molar-refractivity contribution < 1.29 is 33.3 Å². The average molecular weight is 459 g/mol. The van der Waals surface area contributed by atoms with Crippen molar-refractivity contribution in [3.05, 3.63) is 0 Å². The number of unbranched alkanes of at least 4 members (excludes halogenated alkanes) is 4. The van der Waals surface area contributed by atoms with Crippen LogP contribution in [0.2, 0.25) is 0 Å². The van der Waals surface area contributed by atoms with Gasteiger partial charge in [-0.15, -0.1) is 0 Å². The van der Waals surface area contributed by atoms with Gasteiger partial charge in [-0.05, 0) is 25.7 Å². The Morgan fingerprint density at radius 3 is 1.69 bits per heavy atom. The van der Waals surface area contributed by atoms with Gasteiger partial charge in [0.1, 0.15) is 12.2 Å². The summed E-state index contributed by atoms with van der Waals surface area (Å²) in [7, 11) is 0. The lowest BCUT2D eigenvalue weighted by Crippen LogP contribution is -2.63. The van der Waals surface area contributed by atoms with E-state index in [0.717, 1.165) is 51.4 Å². The maximum Gasteiger partial charge on any atom is 0.303 e. The summed E-state index contributed by atoms with van der Waals surface area (Å²) < 4.78 is 30.0. The fraction of sp³-hybridized carbons (Fsp3) is 0.920. The third-order valence-electron chi connectivity index (χ3n) is 5.65. The van der Waals surface area contributed by atoms with Crippen LogP contribution in [0.3, 0.4) is 0 Å². The molecule has 0 saturated heterocycles. The van der Waals surface area contributed by atoms with E-state index in [4.69, 9.17) is 23.7 Å². The average Bonchev–Trinajstić information content (AvgIpc) is 2.76. The Hall–Kier alpha value is -1.02. The predicted molar refractivity (Wildman–Crippen MR) is 124 cm³/mol. The zero-order chi connectivity index (χ0) is 23.8. The molecule has 0 aromatic carbocycles. The lowest BCUT2D eigenvalue weighted by Gasteiger charge is -2.44. The Balaban J connectivity index is 3.20. The van der Waals surface area contributed by atoms with E-state index in [9.17, 15) is 9.59 Å². The van der Waals surface area contributed by atoms with E-state index in [2.05, 4.69) is 27.7 Å². The van der Waals surface area contributed by atoms with Gasteiger partial charge in [-0.3, -0.25) is 9.59 Å². The number of hydrogen-bond acceptors (Lipinski definition) is 7. The van der Waals surface area contributed by atoms with Crippen LogP contribution < -0.4 is 0 Å². The van der Waals surface area contributed by atoms with Crippen LogP contribution in [-0.2, 0) is 33.3 Å². The maximum absolute atomic E-state index is 13.5. The lowest BCUT2D eigenvalue weighted by atomic mass is 9.79. The Bertz CT molecular complexity index is 511. The van der Waals surface area contributed by atoms with Crippen molar-refractivity contribution in [3.63, 3.8) is 0 Å². The van der Waals surface area contributed by atoms with Crippen molar-refractivity contribution in [1.29, 1.82) is 0 Å². The molecular formula is C25H46O7. The molecule has 1 aliphatic rings. The first-order chi connectivity index (χ1) is 15.5. The monoisotopic (exact) mass is 458 g/mol. The molecule has 0 bridgehead atoms. The van der Waals surface area contributed by atoms with Crippen molar-refractivity contribution >= 4 is 11.8 Å². The van der Waals surface area contributed by atoms with Crippen molar-refractivity contribution in [3.8, 4) is 0 Å². The molecule has 1 rings (SSSR count). The Kier molecular flexibility index (Phi) is 15.8. The summed E-state index contributed by atoms with van der Waals surface area (Å²) in [5.74, 6) is -1.27. The van der Waals surface area contributed by atoms with Crippen LogP contribution in [0, 0.1) is 5.92 Å². The summed E-state index contributed by atoms with van der Waals surface area (Å²) in [6, 6.07) is 0. The summed E-state index contributed by atoms with van der Waals surface area (Å²) in [5, 5.41) is 0. The molecule has 32 heavy (non-hydrogen) atoms. The third-order valence-corrected chi connectivity index (χ3v) is 5.65. The molecule has 1 saturated carbocycles. The number of hydrogen-bond donors (Lipinski definition) is 0. The van der Waals surface area contributed by atoms with Crippen molar-refractivity contribution in [2.24, 2.45) is 5.92 Å².